The molecule has 0 radical (unpaired) electrons. The average Bonchev–Trinajstić information content (AvgIpc) is 2.84. The molecular weight excluding hydrogens is 390 g/mol. The predicted octanol–water partition coefficient (Wildman–Crippen LogP) is 2.49. The topological polar surface area (TPSA) is 75.4 Å². The van der Waals surface area contributed by atoms with Gasteiger partial charge in [-0.15, -0.1) is 23.7 Å². The molecule has 0 aliphatic heterocycles. The summed E-state index contributed by atoms with van der Waals surface area (Å²) in [6.45, 7) is 6.74. The zero-order valence-corrected chi connectivity index (χ0v) is 16.4. The molecule has 0 spiro atoms. The first-order chi connectivity index (χ1) is 9.66. The number of hydrogen-bond donors (Lipinski definition) is 2. The number of thiophene rings is 1. The normalized spacial score (nSPS) is 12.3. The van der Waals surface area contributed by atoms with Crippen LogP contribution in [0.4, 0.5) is 0 Å². The third-order valence-corrected chi connectivity index (χ3v) is 4.73. The molecular formula is C14H23BrClN3O2S. The van der Waals surface area contributed by atoms with E-state index in [4.69, 9.17) is 5.73 Å². The Morgan fingerprint density at radius 3 is 2.50 bits per heavy atom. The van der Waals surface area contributed by atoms with Crippen molar-refractivity contribution in [2.45, 2.75) is 26.8 Å². The Morgan fingerprint density at radius 2 is 2.05 bits per heavy atom. The van der Waals surface area contributed by atoms with Crippen LogP contribution >= 0.6 is 39.7 Å². The van der Waals surface area contributed by atoms with Crippen molar-refractivity contribution in [1.82, 2.24) is 10.2 Å². The number of nitrogens with two attached hydrogens (primary N) is 1. The van der Waals surface area contributed by atoms with Gasteiger partial charge in [0.25, 0.3) is 5.91 Å². The maximum absolute atomic E-state index is 12.3. The van der Waals surface area contributed by atoms with Gasteiger partial charge in [0.15, 0.2) is 0 Å². The van der Waals surface area contributed by atoms with Gasteiger partial charge in [0.05, 0.1) is 8.66 Å². The number of carbonyl (C=O) groups excluding carboxylic acids is 2. The standard InChI is InChI=1S/C14H22BrN3O2S.ClH/c1-9(13(20)18(4)8-14(2,3)7-16)17-12(19)10-5-6-11(15)21-10;/h5-6,9H,7-8,16H2,1-4H3,(H,17,19);1H. The Balaban J connectivity index is 0.00000441. The van der Waals surface area contributed by atoms with Gasteiger partial charge in [-0.3, -0.25) is 9.59 Å². The molecule has 22 heavy (non-hydrogen) atoms. The summed E-state index contributed by atoms with van der Waals surface area (Å²) >= 11 is 4.65. The molecule has 0 aliphatic rings. The summed E-state index contributed by atoms with van der Waals surface area (Å²) in [6.07, 6.45) is 0. The molecule has 0 saturated carbocycles. The van der Waals surface area contributed by atoms with E-state index in [2.05, 4.69) is 21.2 Å². The Hall–Kier alpha value is -0.630. The lowest BCUT2D eigenvalue weighted by Crippen LogP contribution is -2.48. The number of halogens is 2. The number of carbonyl (C=O) groups is 2. The number of nitrogens with zero attached hydrogens (tertiary/aromatic N) is 1. The summed E-state index contributed by atoms with van der Waals surface area (Å²) in [5.41, 5.74) is 5.53. The van der Waals surface area contributed by atoms with Crippen molar-refractivity contribution in [3.8, 4) is 0 Å². The minimum Gasteiger partial charge on any atom is -0.343 e. The Kier molecular flexibility index (Phi) is 8.61. The molecule has 5 nitrogen and oxygen atoms in total. The van der Waals surface area contributed by atoms with Gasteiger partial charge in [-0.1, -0.05) is 13.8 Å². The summed E-state index contributed by atoms with van der Waals surface area (Å²) in [5.74, 6) is -0.362. The molecule has 1 aromatic rings. The van der Waals surface area contributed by atoms with Crippen molar-refractivity contribution in [2.24, 2.45) is 11.1 Å². The zero-order chi connectivity index (χ0) is 16.2. The molecule has 3 N–H and O–H groups in total. The minimum absolute atomic E-state index is 0. The second-order valence-electron chi connectivity index (χ2n) is 5.86. The molecule has 0 aliphatic carbocycles. The van der Waals surface area contributed by atoms with Gasteiger partial charge in [0.2, 0.25) is 5.91 Å². The van der Waals surface area contributed by atoms with E-state index >= 15 is 0 Å². The molecule has 1 aromatic heterocycles. The fraction of sp³-hybridized carbons (Fsp3) is 0.571. The Bertz CT molecular complexity index is 522. The quantitative estimate of drug-likeness (QED) is 0.754. The van der Waals surface area contributed by atoms with Gasteiger partial charge in [-0.25, -0.2) is 0 Å². The van der Waals surface area contributed by atoms with E-state index in [1.165, 1.54) is 11.3 Å². The van der Waals surface area contributed by atoms with Gasteiger partial charge in [0, 0.05) is 13.6 Å². The van der Waals surface area contributed by atoms with E-state index in [0.29, 0.717) is 18.0 Å². The van der Waals surface area contributed by atoms with Crippen molar-refractivity contribution < 1.29 is 9.59 Å². The first kappa shape index (κ1) is 21.4. The van der Waals surface area contributed by atoms with Crippen molar-refractivity contribution in [1.29, 1.82) is 0 Å². The molecule has 2 amide bonds. The van der Waals surface area contributed by atoms with Crippen LogP contribution in [-0.4, -0.2) is 42.9 Å². The van der Waals surface area contributed by atoms with E-state index in [-0.39, 0.29) is 29.6 Å². The maximum Gasteiger partial charge on any atom is 0.262 e. The van der Waals surface area contributed by atoms with Crippen LogP contribution in [0.3, 0.4) is 0 Å². The fourth-order valence-electron chi connectivity index (χ4n) is 1.88. The summed E-state index contributed by atoms with van der Waals surface area (Å²) in [7, 11) is 1.73. The largest absolute Gasteiger partial charge is 0.343 e. The van der Waals surface area contributed by atoms with Gasteiger partial charge in [0.1, 0.15) is 6.04 Å². The first-order valence-corrected chi connectivity index (χ1v) is 8.28. The van der Waals surface area contributed by atoms with E-state index in [1.807, 2.05) is 19.9 Å². The second-order valence-corrected chi connectivity index (χ2v) is 8.32. The smallest absolute Gasteiger partial charge is 0.262 e. The summed E-state index contributed by atoms with van der Waals surface area (Å²) < 4.78 is 0.883. The van der Waals surface area contributed by atoms with Crippen molar-refractivity contribution >= 4 is 51.5 Å². The summed E-state index contributed by atoms with van der Waals surface area (Å²) in [4.78, 5) is 26.5. The van der Waals surface area contributed by atoms with Crippen LogP contribution in [0.1, 0.15) is 30.4 Å². The molecule has 1 rings (SSSR count). The number of amides is 2. The van der Waals surface area contributed by atoms with Gasteiger partial charge >= 0.3 is 0 Å². The lowest BCUT2D eigenvalue weighted by molar-refractivity contribution is -0.132. The predicted molar refractivity (Wildman–Crippen MR) is 96.7 cm³/mol. The van der Waals surface area contributed by atoms with Crippen LogP contribution in [0.2, 0.25) is 0 Å². The number of rotatable bonds is 6. The van der Waals surface area contributed by atoms with Crippen LogP contribution in [0.15, 0.2) is 15.9 Å². The minimum atomic E-state index is -0.572. The van der Waals surface area contributed by atoms with Crippen LogP contribution in [0, 0.1) is 5.41 Å². The molecule has 0 bridgehead atoms. The van der Waals surface area contributed by atoms with Crippen molar-refractivity contribution in [3.63, 3.8) is 0 Å². The average molecular weight is 413 g/mol. The molecule has 0 aromatic carbocycles. The highest BCUT2D eigenvalue weighted by Gasteiger charge is 2.25. The highest BCUT2D eigenvalue weighted by atomic mass is 79.9. The molecule has 0 fully saturated rings. The van der Waals surface area contributed by atoms with E-state index in [9.17, 15) is 9.59 Å². The highest BCUT2D eigenvalue weighted by Crippen LogP contribution is 2.22. The number of likely N-dealkylation sites (N-methyl/N-ethyl adjacent to an activating group) is 1. The van der Waals surface area contributed by atoms with Gasteiger partial charge in [-0.2, -0.15) is 0 Å². The molecule has 8 heteroatoms. The lowest BCUT2D eigenvalue weighted by atomic mass is 9.93. The fourth-order valence-corrected chi connectivity index (χ4v) is 3.17. The molecule has 1 atom stereocenters. The Morgan fingerprint density at radius 1 is 1.45 bits per heavy atom. The monoisotopic (exact) mass is 411 g/mol. The second kappa shape index (κ2) is 8.86. The van der Waals surface area contributed by atoms with E-state index in [0.717, 1.165) is 3.79 Å². The SMILES string of the molecule is CC(NC(=O)c1ccc(Br)s1)C(=O)N(C)CC(C)(C)CN.Cl. The van der Waals surface area contributed by atoms with Crippen molar-refractivity contribution in [2.75, 3.05) is 20.1 Å². The Labute approximate surface area is 150 Å². The molecule has 1 unspecified atom stereocenters. The third kappa shape index (κ3) is 6.24. The first-order valence-electron chi connectivity index (χ1n) is 6.67. The maximum atomic E-state index is 12.3. The van der Waals surface area contributed by atoms with Crippen molar-refractivity contribution in [3.05, 3.63) is 20.8 Å². The van der Waals surface area contributed by atoms with Gasteiger partial charge < -0.3 is 16.0 Å². The molecule has 1 heterocycles. The van der Waals surface area contributed by atoms with Crippen LogP contribution in [-0.2, 0) is 4.79 Å². The number of nitrogens with one attached hydrogen (secondary N) is 1. The number of hydrogen-bond acceptors (Lipinski definition) is 4. The van der Waals surface area contributed by atoms with Crippen LogP contribution in [0.5, 0.6) is 0 Å². The van der Waals surface area contributed by atoms with Crippen LogP contribution < -0.4 is 11.1 Å². The van der Waals surface area contributed by atoms with E-state index < -0.39 is 6.04 Å². The van der Waals surface area contributed by atoms with E-state index in [1.54, 1.807) is 24.9 Å². The zero-order valence-electron chi connectivity index (χ0n) is 13.2. The summed E-state index contributed by atoms with van der Waals surface area (Å²) in [5, 5.41) is 2.72. The highest BCUT2D eigenvalue weighted by molar-refractivity contribution is 9.11. The summed E-state index contributed by atoms with van der Waals surface area (Å²) in [6, 6.07) is 2.96. The molecule has 0 saturated heterocycles. The third-order valence-electron chi connectivity index (χ3n) is 3.11. The van der Waals surface area contributed by atoms with Crippen LogP contribution in [0.25, 0.3) is 0 Å². The lowest BCUT2D eigenvalue weighted by Gasteiger charge is -2.30. The van der Waals surface area contributed by atoms with Gasteiger partial charge in [-0.05, 0) is 46.9 Å². The molecule has 126 valence electrons.